The highest BCUT2D eigenvalue weighted by atomic mass is 32.2. The third kappa shape index (κ3) is 4.40. The van der Waals surface area contributed by atoms with Gasteiger partial charge in [0.25, 0.3) is 0 Å². The Morgan fingerprint density at radius 3 is 2.09 bits per heavy atom. The van der Waals surface area contributed by atoms with Gasteiger partial charge in [0.15, 0.2) is 22.5 Å². The van der Waals surface area contributed by atoms with Crippen molar-refractivity contribution in [3.63, 3.8) is 0 Å². The van der Waals surface area contributed by atoms with Crippen LogP contribution in [0.15, 0.2) is 71.9 Å². The maximum Gasteiger partial charge on any atom is 0.203 e. The molecule has 0 radical (unpaired) electrons. The lowest BCUT2D eigenvalue weighted by molar-refractivity contribution is 0.324. The first-order valence-electron chi connectivity index (χ1n) is 9.83. The second-order valence-electron chi connectivity index (χ2n) is 6.81. The lowest BCUT2D eigenvalue weighted by Gasteiger charge is -2.15. The molecule has 3 aromatic carbocycles. The van der Waals surface area contributed by atoms with Crippen LogP contribution in [0, 0.1) is 5.82 Å². The predicted molar refractivity (Wildman–Crippen MR) is 122 cm³/mol. The van der Waals surface area contributed by atoms with Gasteiger partial charge >= 0.3 is 0 Å². The zero-order valence-electron chi connectivity index (χ0n) is 17.9. The Morgan fingerprint density at radius 2 is 1.50 bits per heavy atom. The minimum absolute atomic E-state index is 0.254. The number of benzene rings is 3. The first-order valence-corrected chi connectivity index (χ1v) is 10.8. The van der Waals surface area contributed by atoms with Crippen LogP contribution in [-0.2, 0) is 5.75 Å². The molecular formula is C24H22FN3O3S. The number of rotatable bonds is 8. The number of methoxy groups -OCH3 is 3. The summed E-state index contributed by atoms with van der Waals surface area (Å²) in [6.07, 6.45) is 0. The fourth-order valence-corrected chi connectivity index (χ4v) is 4.21. The number of hydrogen-bond acceptors (Lipinski definition) is 6. The van der Waals surface area contributed by atoms with Crippen molar-refractivity contribution in [1.82, 2.24) is 14.8 Å². The maximum atomic E-state index is 13.2. The molecule has 4 rings (SSSR count). The number of hydrogen-bond donors (Lipinski definition) is 0. The molecule has 1 heterocycles. The van der Waals surface area contributed by atoms with Crippen LogP contribution in [0.4, 0.5) is 4.39 Å². The van der Waals surface area contributed by atoms with Crippen molar-refractivity contribution in [3.05, 3.63) is 78.1 Å². The lowest BCUT2D eigenvalue weighted by atomic mass is 10.1. The van der Waals surface area contributed by atoms with Crippen LogP contribution >= 0.6 is 11.8 Å². The number of thioether (sulfide) groups is 1. The molecule has 0 amide bonds. The van der Waals surface area contributed by atoms with Gasteiger partial charge in [-0.2, -0.15) is 0 Å². The Balaban J connectivity index is 1.78. The van der Waals surface area contributed by atoms with Crippen molar-refractivity contribution in [1.29, 1.82) is 0 Å². The smallest absolute Gasteiger partial charge is 0.203 e. The van der Waals surface area contributed by atoms with E-state index in [1.165, 1.54) is 23.9 Å². The first kappa shape index (κ1) is 21.7. The second-order valence-corrected chi connectivity index (χ2v) is 7.75. The van der Waals surface area contributed by atoms with E-state index in [0.717, 1.165) is 16.8 Å². The number of halogens is 1. The summed E-state index contributed by atoms with van der Waals surface area (Å²) in [5, 5.41) is 9.63. The predicted octanol–water partition coefficient (Wildman–Crippen LogP) is 5.39. The van der Waals surface area contributed by atoms with Crippen LogP contribution in [0.5, 0.6) is 17.2 Å². The quantitative estimate of drug-likeness (QED) is 0.335. The van der Waals surface area contributed by atoms with E-state index >= 15 is 0 Å². The van der Waals surface area contributed by atoms with Crippen molar-refractivity contribution >= 4 is 11.8 Å². The molecule has 0 aliphatic rings. The molecule has 0 spiro atoms. The Labute approximate surface area is 190 Å². The lowest BCUT2D eigenvalue weighted by Crippen LogP contribution is -2.01. The van der Waals surface area contributed by atoms with Crippen LogP contribution in [0.25, 0.3) is 17.1 Å². The zero-order valence-corrected chi connectivity index (χ0v) is 18.7. The molecule has 4 aromatic rings. The Hall–Kier alpha value is -3.52. The summed E-state index contributed by atoms with van der Waals surface area (Å²) in [7, 11) is 4.72. The van der Waals surface area contributed by atoms with Crippen molar-refractivity contribution in [2.45, 2.75) is 10.9 Å². The molecule has 0 aliphatic heterocycles. The summed E-state index contributed by atoms with van der Waals surface area (Å²) in [6.45, 7) is 0. The Bertz CT molecular complexity index is 1170. The van der Waals surface area contributed by atoms with Crippen molar-refractivity contribution < 1.29 is 18.6 Å². The second kappa shape index (κ2) is 9.74. The fraction of sp³-hybridized carbons (Fsp3) is 0.167. The highest BCUT2D eigenvalue weighted by Crippen LogP contribution is 2.41. The molecular weight excluding hydrogens is 429 g/mol. The topological polar surface area (TPSA) is 58.4 Å². The Kier molecular flexibility index (Phi) is 6.61. The van der Waals surface area contributed by atoms with Gasteiger partial charge in [0.2, 0.25) is 5.75 Å². The zero-order chi connectivity index (χ0) is 22.5. The summed E-state index contributed by atoms with van der Waals surface area (Å²) >= 11 is 1.52. The summed E-state index contributed by atoms with van der Waals surface area (Å²) in [5.74, 6) is 2.58. The molecule has 0 saturated carbocycles. The standard InChI is InChI=1S/C24H22FN3O3S/c1-29-20-13-17(14-21(30-2)22(20)31-3)23-26-27-24(28(23)19-7-5-4-6-8-19)32-15-16-9-11-18(25)12-10-16/h4-14H,15H2,1-3H3. The van der Waals surface area contributed by atoms with Crippen molar-refractivity contribution in [2.75, 3.05) is 21.3 Å². The average Bonchev–Trinajstić information content (AvgIpc) is 3.27. The molecule has 6 nitrogen and oxygen atoms in total. The van der Waals surface area contributed by atoms with E-state index in [0.29, 0.717) is 34.0 Å². The van der Waals surface area contributed by atoms with Gasteiger partial charge in [-0.1, -0.05) is 42.1 Å². The van der Waals surface area contributed by atoms with Gasteiger partial charge in [-0.3, -0.25) is 4.57 Å². The highest BCUT2D eigenvalue weighted by molar-refractivity contribution is 7.98. The number of nitrogens with zero attached hydrogens (tertiary/aromatic N) is 3. The van der Waals surface area contributed by atoms with E-state index in [1.54, 1.807) is 33.5 Å². The summed E-state index contributed by atoms with van der Waals surface area (Å²) in [4.78, 5) is 0. The van der Waals surface area contributed by atoms with E-state index in [9.17, 15) is 4.39 Å². The number of ether oxygens (including phenoxy) is 3. The van der Waals surface area contributed by atoms with E-state index in [1.807, 2.05) is 47.0 Å². The molecule has 0 fully saturated rings. The number of aromatic nitrogens is 3. The van der Waals surface area contributed by atoms with Crippen LogP contribution in [0.2, 0.25) is 0 Å². The van der Waals surface area contributed by atoms with Crippen LogP contribution < -0.4 is 14.2 Å². The first-order chi connectivity index (χ1) is 15.6. The SMILES string of the molecule is COc1cc(-c2nnc(SCc3ccc(F)cc3)n2-c2ccccc2)cc(OC)c1OC. The van der Waals surface area contributed by atoms with Gasteiger partial charge < -0.3 is 14.2 Å². The van der Waals surface area contributed by atoms with Gasteiger partial charge in [0.1, 0.15) is 5.82 Å². The molecule has 0 N–H and O–H groups in total. The van der Waals surface area contributed by atoms with Crippen molar-refractivity contribution in [2.24, 2.45) is 0 Å². The third-order valence-corrected chi connectivity index (χ3v) is 5.85. The average molecular weight is 452 g/mol. The van der Waals surface area contributed by atoms with Crippen LogP contribution in [0.1, 0.15) is 5.56 Å². The maximum absolute atomic E-state index is 13.2. The molecule has 0 saturated heterocycles. The summed E-state index contributed by atoms with van der Waals surface area (Å²) < 4.78 is 31.7. The fourth-order valence-electron chi connectivity index (χ4n) is 3.30. The Morgan fingerprint density at radius 1 is 0.844 bits per heavy atom. The van der Waals surface area contributed by atoms with Gasteiger partial charge in [-0.25, -0.2) is 4.39 Å². The van der Waals surface area contributed by atoms with Gasteiger partial charge in [0, 0.05) is 17.0 Å². The van der Waals surface area contributed by atoms with Gasteiger partial charge in [-0.15, -0.1) is 10.2 Å². The highest BCUT2D eigenvalue weighted by Gasteiger charge is 2.20. The molecule has 8 heteroatoms. The molecule has 1 aromatic heterocycles. The summed E-state index contributed by atoms with van der Waals surface area (Å²) in [5.41, 5.74) is 2.68. The van der Waals surface area contributed by atoms with Crippen LogP contribution in [-0.4, -0.2) is 36.1 Å². The van der Waals surface area contributed by atoms with Crippen LogP contribution in [0.3, 0.4) is 0 Å². The monoisotopic (exact) mass is 451 g/mol. The van der Waals surface area contributed by atoms with E-state index in [2.05, 4.69) is 10.2 Å². The molecule has 0 unspecified atom stereocenters. The summed E-state index contributed by atoms with van der Waals surface area (Å²) in [6, 6.07) is 20.0. The van der Waals surface area contributed by atoms with Crippen molar-refractivity contribution in [3.8, 4) is 34.3 Å². The minimum atomic E-state index is -0.254. The molecule has 0 atom stereocenters. The minimum Gasteiger partial charge on any atom is -0.493 e. The molecule has 164 valence electrons. The van der Waals surface area contributed by atoms with E-state index in [-0.39, 0.29) is 5.82 Å². The normalized spacial score (nSPS) is 10.8. The number of para-hydroxylation sites is 1. The van der Waals surface area contributed by atoms with E-state index in [4.69, 9.17) is 14.2 Å². The molecule has 0 aliphatic carbocycles. The molecule has 0 bridgehead atoms. The van der Waals surface area contributed by atoms with E-state index < -0.39 is 0 Å². The van der Waals surface area contributed by atoms with Gasteiger partial charge in [0.05, 0.1) is 21.3 Å². The largest absolute Gasteiger partial charge is 0.493 e. The molecule has 32 heavy (non-hydrogen) atoms. The van der Waals surface area contributed by atoms with Gasteiger partial charge in [-0.05, 0) is 42.0 Å². The third-order valence-electron chi connectivity index (χ3n) is 4.85.